The number of hydrogen-bond donors (Lipinski definition) is 1. The third-order valence-corrected chi connectivity index (χ3v) is 3.44. The SMILES string of the molecule is C[C@H](O)c1cc(F)ccc1Sc1ncnn1C. The largest absolute Gasteiger partial charge is 0.389 e. The number of nitrogens with zero attached hydrogens (tertiary/aromatic N) is 3. The molecular formula is C11H12FN3OS. The van der Waals surface area contributed by atoms with Gasteiger partial charge >= 0.3 is 0 Å². The number of halogens is 1. The maximum atomic E-state index is 13.1. The smallest absolute Gasteiger partial charge is 0.190 e. The molecule has 0 aliphatic carbocycles. The molecule has 6 heteroatoms. The maximum absolute atomic E-state index is 13.1. The Morgan fingerprint density at radius 3 is 2.82 bits per heavy atom. The van der Waals surface area contributed by atoms with E-state index in [0.717, 1.165) is 4.90 Å². The molecule has 2 aromatic rings. The highest BCUT2D eigenvalue weighted by Gasteiger charge is 2.12. The zero-order chi connectivity index (χ0) is 12.4. The van der Waals surface area contributed by atoms with Crippen LogP contribution in [0.25, 0.3) is 0 Å². The number of aliphatic hydroxyl groups excluding tert-OH is 1. The normalized spacial score (nSPS) is 12.7. The Balaban J connectivity index is 2.36. The Morgan fingerprint density at radius 2 is 2.24 bits per heavy atom. The van der Waals surface area contributed by atoms with Crippen LogP contribution >= 0.6 is 11.8 Å². The summed E-state index contributed by atoms with van der Waals surface area (Å²) in [4.78, 5) is 4.85. The molecule has 0 aliphatic heterocycles. The van der Waals surface area contributed by atoms with Gasteiger partial charge in [0.15, 0.2) is 5.16 Å². The van der Waals surface area contributed by atoms with E-state index in [1.165, 1.54) is 30.2 Å². The average molecular weight is 253 g/mol. The first-order valence-electron chi connectivity index (χ1n) is 5.07. The van der Waals surface area contributed by atoms with Crippen molar-refractivity contribution in [2.45, 2.75) is 23.1 Å². The van der Waals surface area contributed by atoms with Crippen molar-refractivity contribution < 1.29 is 9.50 Å². The lowest BCUT2D eigenvalue weighted by Gasteiger charge is -2.10. The summed E-state index contributed by atoms with van der Waals surface area (Å²) in [5.41, 5.74) is 0.554. The summed E-state index contributed by atoms with van der Waals surface area (Å²) in [5.74, 6) is -0.358. The van der Waals surface area contributed by atoms with Gasteiger partial charge in [-0.25, -0.2) is 14.1 Å². The number of hydrogen-bond acceptors (Lipinski definition) is 4. The van der Waals surface area contributed by atoms with Crippen LogP contribution in [0.2, 0.25) is 0 Å². The predicted octanol–water partition coefficient (Wildman–Crippen LogP) is 2.16. The van der Waals surface area contributed by atoms with Crippen LogP contribution in [0, 0.1) is 5.82 Å². The van der Waals surface area contributed by atoms with Crippen molar-refractivity contribution in [1.82, 2.24) is 14.8 Å². The van der Waals surface area contributed by atoms with Gasteiger partial charge < -0.3 is 5.11 Å². The van der Waals surface area contributed by atoms with E-state index in [-0.39, 0.29) is 5.82 Å². The molecule has 2 rings (SSSR count). The molecule has 1 aromatic carbocycles. The van der Waals surface area contributed by atoms with Crippen molar-refractivity contribution in [2.24, 2.45) is 7.05 Å². The number of rotatable bonds is 3. The van der Waals surface area contributed by atoms with Gasteiger partial charge in [0.25, 0.3) is 0 Å². The Morgan fingerprint density at radius 1 is 1.47 bits per heavy atom. The molecule has 1 heterocycles. The molecule has 0 bridgehead atoms. The predicted molar refractivity (Wildman–Crippen MR) is 62.2 cm³/mol. The Labute approximate surface area is 102 Å². The fourth-order valence-corrected chi connectivity index (χ4v) is 2.37. The van der Waals surface area contributed by atoms with Crippen LogP contribution in [-0.2, 0) is 7.05 Å². The summed E-state index contributed by atoms with van der Waals surface area (Å²) in [6.45, 7) is 1.61. The van der Waals surface area contributed by atoms with Crippen LogP contribution < -0.4 is 0 Å². The van der Waals surface area contributed by atoms with Crippen LogP contribution in [0.4, 0.5) is 4.39 Å². The Bertz CT molecular complexity index is 527. The van der Waals surface area contributed by atoms with E-state index in [9.17, 15) is 9.50 Å². The van der Waals surface area contributed by atoms with E-state index in [1.54, 1.807) is 24.7 Å². The zero-order valence-corrected chi connectivity index (χ0v) is 10.3. The summed E-state index contributed by atoms with van der Waals surface area (Å²) in [7, 11) is 1.78. The lowest BCUT2D eigenvalue weighted by atomic mass is 10.1. The van der Waals surface area contributed by atoms with E-state index in [2.05, 4.69) is 10.1 Å². The maximum Gasteiger partial charge on any atom is 0.190 e. The molecule has 4 nitrogen and oxygen atoms in total. The molecule has 0 saturated carbocycles. The molecule has 90 valence electrons. The third-order valence-electron chi connectivity index (χ3n) is 2.29. The molecule has 17 heavy (non-hydrogen) atoms. The first-order chi connectivity index (χ1) is 8.08. The molecule has 0 amide bonds. The van der Waals surface area contributed by atoms with Gasteiger partial charge in [-0.3, -0.25) is 0 Å². The summed E-state index contributed by atoms with van der Waals surface area (Å²) >= 11 is 1.35. The number of aryl methyl sites for hydroxylation is 1. The monoisotopic (exact) mass is 253 g/mol. The van der Waals surface area contributed by atoms with Crippen LogP contribution in [0.15, 0.2) is 34.6 Å². The average Bonchev–Trinajstić information content (AvgIpc) is 2.67. The number of aromatic nitrogens is 3. The molecule has 0 radical (unpaired) electrons. The van der Waals surface area contributed by atoms with Crippen molar-refractivity contribution in [1.29, 1.82) is 0 Å². The highest BCUT2D eigenvalue weighted by atomic mass is 32.2. The summed E-state index contributed by atoms with van der Waals surface area (Å²) in [5, 5.41) is 14.3. The second-order valence-corrected chi connectivity index (χ2v) is 4.64. The third kappa shape index (κ3) is 2.65. The molecule has 0 fully saturated rings. The van der Waals surface area contributed by atoms with E-state index in [1.807, 2.05) is 0 Å². The topological polar surface area (TPSA) is 50.9 Å². The molecule has 0 unspecified atom stereocenters. The molecule has 1 N–H and O–H groups in total. The molecule has 0 saturated heterocycles. The van der Waals surface area contributed by atoms with Crippen molar-refractivity contribution in [3.8, 4) is 0 Å². The summed E-state index contributed by atoms with van der Waals surface area (Å²) in [6, 6.07) is 4.34. The zero-order valence-electron chi connectivity index (χ0n) is 9.46. The van der Waals surface area contributed by atoms with Crippen molar-refractivity contribution in [2.75, 3.05) is 0 Å². The molecule has 0 spiro atoms. The van der Waals surface area contributed by atoms with Crippen LogP contribution in [0.3, 0.4) is 0 Å². The van der Waals surface area contributed by atoms with E-state index >= 15 is 0 Å². The summed E-state index contributed by atoms with van der Waals surface area (Å²) in [6.07, 6.45) is 0.731. The van der Waals surface area contributed by atoms with Gasteiger partial charge in [0, 0.05) is 11.9 Å². The van der Waals surface area contributed by atoms with Gasteiger partial charge in [-0.2, -0.15) is 5.10 Å². The van der Waals surface area contributed by atoms with Gasteiger partial charge in [-0.05, 0) is 42.4 Å². The van der Waals surface area contributed by atoms with Crippen LogP contribution in [-0.4, -0.2) is 19.9 Å². The van der Waals surface area contributed by atoms with Gasteiger partial charge in [0.2, 0.25) is 0 Å². The molecule has 1 aromatic heterocycles. The highest BCUT2D eigenvalue weighted by molar-refractivity contribution is 7.99. The Kier molecular flexibility index (Phi) is 3.44. The minimum absolute atomic E-state index is 0.358. The van der Waals surface area contributed by atoms with Crippen LogP contribution in [0.1, 0.15) is 18.6 Å². The van der Waals surface area contributed by atoms with Gasteiger partial charge in [-0.1, -0.05) is 0 Å². The second kappa shape index (κ2) is 4.85. The fourth-order valence-electron chi connectivity index (χ4n) is 1.42. The first-order valence-corrected chi connectivity index (χ1v) is 5.89. The molecule has 0 aliphatic rings. The summed E-state index contributed by atoms with van der Waals surface area (Å²) < 4.78 is 14.7. The quantitative estimate of drug-likeness (QED) is 0.910. The van der Waals surface area contributed by atoms with Crippen molar-refractivity contribution in [3.05, 3.63) is 35.9 Å². The van der Waals surface area contributed by atoms with Gasteiger partial charge in [-0.15, -0.1) is 0 Å². The second-order valence-electron chi connectivity index (χ2n) is 3.63. The van der Waals surface area contributed by atoms with E-state index in [0.29, 0.717) is 10.7 Å². The lowest BCUT2D eigenvalue weighted by molar-refractivity contribution is 0.196. The van der Waals surface area contributed by atoms with Crippen molar-refractivity contribution >= 4 is 11.8 Å². The van der Waals surface area contributed by atoms with Crippen molar-refractivity contribution in [3.63, 3.8) is 0 Å². The molecular weight excluding hydrogens is 241 g/mol. The standard InChI is InChI=1S/C11H12FN3OS/c1-7(16)9-5-8(12)3-4-10(9)17-11-13-6-14-15(11)2/h3-7,16H,1-2H3/t7-/m0/s1. The first kappa shape index (κ1) is 12.1. The number of aliphatic hydroxyl groups is 1. The Hall–Kier alpha value is -1.40. The minimum atomic E-state index is -0.721. The van der Waals surface area contributed by atoms with E-state index < -0.39 is 6.10 Å². The minimum Gasteiger partial charge on any atom is -0.389 e. The fraction of sp³-hybridized carbons (Fsp3) is 0.273. The lowest BCUT2D eigenvalue weighted by Crippen LogP contribution is -1.97. The highest BCUT2D eigenvalue weighted by Crippen LogP contribution is 2.32. The van der Waals surface area contributed by atoms with Gasteiger partial charge in [0.1, 0.15) is 12.1 Å². The van der Waals surface area contributed by atoms with Gasteiger partial charge in [0.05, 0.1) is 6.10 Å². The van der Waals surface area contributed by atoms with E-state index in [4.69, 9.17) is 0 Å². The molecule has 1 atom stereocenters. The number of benzene rings is 1. The van der Waals surface area contributed by atoms with Crippen LogP contribution in [0.5, 0.6) is 0 Å².